The zero-order valence-electron chi connectivity index (χ0n) is 23.6. The Balaban J connectivity index is 1.08. The summed E-state index contributed by atoms with van der Waals surface area (Å²) in [5.74, 6) is 0. The molecule has 7 aromatic rings. The van der Waals surface area contributed by atoms with E-state index in [-0.39, 0.29) is 0 Å². The second kappa shape index (κ2) is 10.3. The summed E-state index contributed by atoms with van der Waals surface area (Å²) in [6.45, 7) is 0. The number of allylic oxidation sites excluding steroid dienone is 4. The van der Waals surface area contributed by atoms with Gasteiger partial charge in [-0.3, -0.25) is 0 Å². The van der Waals surface area contributed by atoms with Crippen molar-refractivity contribution in [2.75, 3.05) is 0 Å². The van der Waals surface area contributed by atoms with Crippen molar-refractivity contribution in [1.82, 2.24) is 0 Å². The third-order valence-corrected chi connectivity index (χ3v) is 12.4. The topological polar surface area (TPSA) is 0 Å². The van der Waals surface area contributed by atoms with E-state index in [9.17, 15) is 0 Å². The number of fused-ring (bicyclic) bond motifs is 9. The van der Waals surface area contributed by atoms with Gasteiger partial charge in [-0.25, -0.2) is 0 Å². The molecule has 0 spiro atoms. The maximum Gasteiger partial charge on any atom is 0.0390 e. The van der Waals surface area contributed by atoms with E-state index in [0.29, 0.717) is 0 Å². The Bertz CT molecular complexity index is 2180. The standard InChI is InChI=1S/C40H28S3/c1-3-11-29-31-13-7-9-27(39(31)42-35(29)15-5-1)21-25-17-19-37-33(23-25)34-24-26(18-20-38(34)41-37)22-28-10-8-14-32-30-12-4-2-6-16-36(30)43-40(28)32/h3-20,23-24H,1-2,21-22H2. The summed E-state index contributed by atoms with van der Waals surface area (Å²) >= 11 is 5.79. The Morgan fingerprint density at radius 1 is 0.465 bits per heavy atom. The molecule has 3 heterocycles. The van der Waals surface area contributed by atoms with Crippen molar-refractivity contribution in [2.24, 2.45) is 0 Å². The predicted octanol–water partition coefficient (Wildman–Crippen LogP) is 12.5. The highest BCUT2D eigenvalue weighted by Crippen LogP contribution is 2.41. The van der Waals surface area contributed by atoms with E-state index in [1.54, 1.807) is 0 Å². The molecule has 0 atom stereocenters. The predicted molar refractivity (Wildman–Crippen MR) is 194 cm³/mol. The molecule has 43 heavy (non-hydrogen) atoms. The van der Waals surface area contributed by atoms with Crippen LogP contribution < -0.4 is 0 Å². The molecule has 2 aliphatic rings. The van der Waals surface area contributed by atoms with Crippen LogP contribution in [-0.2, 0) is 12.8 Å². The number of thiophene rings is 3. The smallest absolute Gasteiger partial charge is 0.0390 e. The molecular formula is C40H28S3. The second-order valence-electron chi connectivity index (χ2n) is 11.5. The first-order valence-corrected chi connectivity index (χ1v) is 17.4. The summed E-state index contributed by atoms with van der Waals surface area (Å²) in [5, 5.41) is 5.54. The van der Waals surface area contributed by atoms with Gasteiger partial charge >= 0.3 is 0 Å². The van der Waals surface area contributed by atoms with E-state index < -0.39 is 0 Å². The minimum Gasteiger partial charge on any atom is -0.135 e. The molecule has 4 aromatic carbocycles. The summed E-state index contributed by atoms with van der Waals surface area (Å²) in [6.07, 6.45) is 22.2. The zero-order chi connectivity index (χ0) is 28.3. The molecule has 0 saturated heterocycles. The van der Waals surface area contributed by atoms with E-state index >= 15 is 0 Å². The third kappa shape index (κ3) is 4.38. The van der Waals surface area contributed by atoms with Crippen LogP contribution >= 0.6 is 34.0 Å². The average molecular weight is 605 g/mol. The summed E-state index contributed by atoms with van der Waals surface area (Å²) in [4.78, 5) is 2.76. The second-order valence-corrected chi connectivity index (χ2v) is 14.7. The first-order chi connectivity index (χ1) is 21.3. The van der Waals surface area contributed by atoms with Crippen molar-refractivity contribution in [3.63, 3.8) is 0 Å². The van der Waals surface area contributed by atoms with Gasteiger partial charge in [0.1, 0.15) is 0 Å². The summed E-state index contributed by atoms with van der Waals surface area (Å²) in [7, 11) is 0. The van der Waals surface area contributed by atoms with Crippen LogP contribution in [0.5, 0.6) is 0 Å². The summed E-state index contributed by atoms with van der Waals surface area (Å²) in [5.41, 5.74) is 8.36. The molecule has 206 valence electrons. The first-order valence-electron chi connectivity index (χ1n) is 15.0. The highest BCUT2D eigenvalue weighted by molar-refractivity contribution is 7.25. The number of benzene rings is 4. The van der Waals surface area contributed by atoms with Crippen molar-refractivity contribution < 1.29 is 0 Å². The molecule has 2 aliphatic carbocycles. The highest BCUT2D eigenvalue weighted by atomic mass is 32.1. The highest BCUT2D eigenvalue weighted by Gasteiger charge is 2.15. The normalized spacial score (nSPS) is 14.1. The monoisotopic (exact) mass is 604 g/mol. The van der Waals surface area contributed by atoms with Gasteiger partial charge in [0.15, 0.2) is 0 Å². The van der Waals surface area contributed by atoms with E-state index in [1.165, 1.54) is 83.5 Å². The van der Waals surface area contributed by atoms with E-state index in [1.807, 2.05) is 34.0 Å². The summed E-state index contributed by atoms with van der Waals surface area (Å²) < 4.78 is 5.59. The Morgan fingerprint density at radius 2 is 0.953 bits per heavy atom. The van der Waals surface area contributed by atoms with Crippen molar-refractivity contribution in [2.45, 2.75) is 25.7 Å². The van der Waals surface area contributed by atoms with Gasteiger partial charge < -0.3 is 0 Å². The van der Waals surface area contributed by atoms with Crippen LogP contribution in [0.4, 0.5) is 0 Å². The fourth-order valence-corrected chi connectivity index (χ4v) is 10.2. The maximum absolute atomic E-state index is 2.45. The molecule has 0 unspecified atom stereocenters. The van der Waals surface area contributed by atoms with Gasteiger partial charge in [0.2, 0.25) is 0 Å². The lowest BCUT2D eigenvalue weighted by molar-refractivity contribution is 1.23. The van der Waals surface area contributed by atoms with Crippen molar-refractivity contribution in [3.05, 3.63) is 140 Å². The van der Waals surface area contributed by atoms with Crippen LogP contribution in [0, 0.1) is 0 Å². The summed E-state index contributed by atoms with van der Waals surface area (Å²) in [6, 6.07) is 27.9. The Labute approximate surface area is 263 Å². The minimum absolute atomic E-state index is 0.949. The fraction of sp³-hybridized carbons (Fsp3) is 0.100. The molecule has 0 aliphatic heterocycles. The zero-order valence-corrected chi connectivity index (χ0v) is 26.0. The SMILES string of the molecule is C1=Cc2sc3c(Cc4ccc5sc6ccc(Cc7cccc8c9c(sc78)C=CCC=C9)cc6c5c4)cccc3c2C=CC1. The Kier molecular flexibility index (Phi) is 6.11. The van der Waals surface area contributed by atoms with Crippen molar-refractivity contribution in [1.29, 1.82) is 0 Å². The molecule has 3 heteroatoms. The molecule has 0 bridgehead atoms. The quantitative estimate of drug-likeness (QED) is 0.187. The number of hydrogen-bond acceptors (Lipinski definition) is 3. The van der Waals surface area contributed by atoms with Crippen LogP contribution in [0.15, 0.2) is 97.1 Å². The van der Waals surface area contributed by atoms with Gasteiger partial charge in [0, 0.05) is 50.1 Å². The fourth-order valence-electron chi connectivity index (χ4n) is 6.71. The van der Waals surface area contributed by atoms with Gasteiger partial charge in [-0.2, -0.15) is 0 Å². The molecular weight excluding hydrogens is 577 g/mol. The molecule has 9 rings (SSSR count). The first kappa shape index (κ1) is 25.5. The van der Waals surface area contributed by atoms with E-state index in [4.69, 9.17) is 0 Å². The molecule has 0 fully saturated rings. The Hall–Kier alpha value is -4.02. The van der Waals surface area contributed by atoms with Crippen molar-refractivity contribution in [3.8, 4) is 0 Å². The number of hydrogen-bond donors (Lipinski definition) is 0. The van der Waals surface area contributed by atoms with Crippen LogP contribution in [0.3, 0.4) is 0 Å². The van der Waals surface area contributed by atoms with Gasteiger partial charge in [-0.1, -0.05) is 85.0 Å². The molecule has 0 N–H and O–H groups in total. The third-order valence-electron chi connectivity index (χ3n) is 8.77. The van der Waals surface area contributed by atoms with E-state index in [2.05, 4.69) is 121 Å². The van der Waals surface area contributed by atoms with Gasteiger partial charge in [-0.05, 0) is 95.5 Å². The van der Waals surface area contributed by atoms with Crippen LogP contribution in [0.25, 0.3) is 64.6 Å². The largest absolute Gasteiger partial charge is 0.135 e. The molecule has 0 amide bonds. The molecule has 0 saturated carbocycles. The minimum atomic E-state index is 0.949. The van der Waals surface area contributed by atoms with Crippen LogP contribution in [0.1, 0.15) is 56.0 Å². The molecule has 3 aromatic heterocycles. The maximum atomic E-state index is 2.45. The Morgan fingerprint density at radius 3 is 1.47 bits per heavy atom. The van der Waals surface area contributed by atoms with Crippen LogP contribution in [-0.4, -0.2) is 0 Å². The number of rotatable bonds is 4. The van der Waals surface area contributed by atoms with Gasteiger partial charge in [-0.15, -0.1) is 34.0 Å². The lowest BCUT2D eigenvalue weighted by Crippen LogP contribution is -1.89. The lowest BCUT2D eigenvalue weighted by Gasteiger charge is -2.06. The average Bonchev–Trinajstić information content (AvgIpc) is 3.54. The van der Waals surface area contributed by atoms with Gasteiger partial charge in [0.25, 0.3) is 0 Å². The molecule has 0 nitrogen and oxygen atoms in total. The van der Waals surface area contributed by atoms with Crippen molar-refractivity contribution >= 4 is 98.7 Å². The van der Waals surface area contributed by atoms with E-state index in [0.717, 1.165) is 25.7 Å². The van der Waals surface area contributed by atoms with Crippen LogP contribution in [0.2, 0.25) is 0 Å². The molecule has 0 radical (unpaired) electrons. The van der Waals surface area contributed by atoms with Gasteiger partial charge in [0.05, 0.1) is 0 Å². The lowest BCUT2D eigenvalue weighted by atomic mass is 9.98.